The van der Waals surface area contributed by atoms with Gasteiger partial charge in [-0.1, -0.05) is 52.6 Å². The van der Waals surface area contributed by atoms with Gasteiger partial charge in [-0.05, 0) is 18.5 Å². The number of nitrogens with zero attached hydrogens (tertiary/aromatic N) is 1. The van der Waals surface area contributed by atoms with E-state index in [2.05, 4.69) is 37.9 Å². The van der Waals surface area contributed by atoms with Crippen molar-refractivity contribution in [3.8, 4) is 0 Å². The Morgan fingerprint density at radius 2 is 1.74 bits per heavy atom. The van der Waals surface area contributed by atoms with Crippen molar-refractivity contribution in [2.24, 2.45) is 0 Å². The summed E-state index contributed by atoms with van der Waals surface area (Å²) in [5.41, 5.74) is 0.948. The Morgan fingerprint density at radius 1 is 1.09 bits per heavy atom. The Labute approximate surface area is 157 Å². The number of hydrogen-bond donors (Lipinski definition) is 0. The van der Waals surface area contributed by atoms with Crippen LogP contribution in [0.2, 0.25) is 13.1 Å². The smallest absolute Gasteiger partial charge is 0.0561 e. The van der Waals surface area contributed by atoms with Gasteiger partial charge in [-0.15, -0.1) is 18.2 Å². The van der Waals surface area contributed by atoms with Crippen molar-refractivity contribution in [3.63, 3.8) is 0 Å². The van der Waals surface area contributed by atoms with Gasteiger partial charge in [-0.3, -0.25) is 0 Å². The van der Waals surface area contributed by atoms with E-state index in [1.807, 2.05) is 0 Å². The summed E-state index contributed by atoms with van der Waals surface area (Å²) in [6.07, 6.45) is 6.81. The van der Waals surface area contributed by atoms with Gasteiger partial charge in [0.15, 0.2) is 0 Å². The fraction of sp³-hybridized carbons (Fsp3) is 0.667. The van der Waals surface area contributed by atoms with Crippen LogP contribution in [0, 0.1) is 17.7 Å². The van der Waals surface area contributed by atoms with Crippen molar-refractivity contribution in [1.82, 2.24) is 0 Å². The van der Waals surface area contributed by atoms with E-state index in [-0.39, 0.29) is 21.7 Å². The maximum Gasteiger partial charge on any atom is 0.0561 e. The zero-order chi connectivity index (χ0) is 16.5. The van der Waals surface area contributed by atoms with E-state index in [4.69, 9.17) is 0 Å². The molecule has 1 unspecified atom stereocenters. The largest absolute Gasteiger partial charge is 0.421 e. The first kappa shape index (κ1) is 22.8. The summed E-state index contributed by atoms with van der Waals surface area (Å²) in [6, 6.07) is 5.10. The number of benzene rings is 1. The van der Waals surface area contributed by atoms with Crippen LogP contribution >= 0.6 is 0 Å². The van der Waals surface area contributed by atoms with E-state index in [1.54, 1.807) is 6.07 Å². The molecule has 1 aromatic carbocycles. The van der Waals surface area contributed by atoms with Gasteiger partial charge >= 0.3 is 0 Å². The standard InChI is InChI=1S/C18H30F2NSi.Ti/c1-5-7-9-10-18(22(3)4)21(13-8-6-2)17-12-11-15(19)14-16(17)20;/h11-12,18,22H,5-10,13H2,1-4H3;/q-1;. The van der Waals surface area contributed by atoms with E-state index in [0.29, 0.717) is 11.4 Å². The Hall–Kier alpha value is -0.189. The van der Waals surface area contributed by atoms with Gasteiger partial charge in [-0.2, -0.15) is 0 Å². The van der Waals surface area contributed by atoms with Crippen molar-refractivity contribution < 1.29 is 30.5 Å². The monoisotopic (exact) mass is 374 g/mol. The van der Waals surface area contributed by atoms with Crippen LogP contribution in [0.25, 0.3) is 0 Å². The number of rotatable bonds is 10. The third-order valence-electron chi connectivity index (χ3n) is 4.18. The van der Waals surface area contributed by atoms with Gasteiger partial charge in [0.25, 0.3) is 0 Å². The summed E-state index contributed by atoms with van der Waals surface area (Å²) in [7, 11) is -0.980. The van der Waals surface area contributed by atoms with Crippen molar-refractivity contribution in [3.05, 3.63) is 29.8 Å². The summed E-state index contributed by atoms with van der Waals surface area (Å²) >= 11 is 0. The van der Waals surface area contributed by atoms with Gasteiger partial charge in [0.05, 0.1) is 8.80 Å². The van der Waals surface area contributed by atoms with Crippen LogP contribution in [0.3, 0.4) is 0 Å². The normalized spacial score (nSPS) is 12.1. The fourth-order valence-electron chi connectivity index (χ4n) is 2.90. The number of hydrogen-bond acceptors (Lipinski definition) is 1. The molecule has 0 radical (unpaired) electrons. The van der Waals surface area contributed by atoms with Crippen LogP contribution in [0.1, 0.15) is 52.4 Å². The first-order valence-electron chi connectivity index (χ1n) is 8.65. The molecule has 0 saturated carbocycles. The van der Waals surface area contributed by atoms with E-state index in [0.717, 1.165) is 25.8 Å². The summed E-state index contributed by atoms with van der Waals surface area (Å²) in [5.74, 6) is -1.17. The van der Waals surface area contributed by atoms with Crippen LogP contribution in [-0.4, -0.2) is 21.0 Å². The van der Waals surface area contributed by atoms with E-state index in [9.17, 15) is 8.78 Å². The molecule has 0 N–H and O–H groups in total. The number of unbranched alkanes of at least 4 members (excludes halogenated alkanes) is 3. The van der Waals surface area contributed by atoms with E-state index in [1.165, 1.54) is 25.3 Å². The molecule has 1 aromatic rings. The minimum atomic E-state index is -0.980. The summed E-state index contributed by atoms with van der Waals surface area (Å²) in [4.78, 5) is 2.20. The summed E-state index contributed by atoms with van der Waals surface area (Å²) in [6.45, 7) is 9.83. The van der Waals surface area contributed by atoms with Crippen LogP contribution in [-0.2, 0) is 21.7 Å². The van der Waals surface area contributed by atoms with Crippen molar-refractivity contribution in [2.75, 3.05) is 11.4 Å². The average molecular weight is 374 g/mol. The Balaban J connectivity index is 0.00000484. The predicted octanol–water partition coefficient (Wildman–Crippen LogP) is 5.34. The second kappa shape index (κ2) is 12.2. The van der Waals surface area contributed by atoms with Gasteiger partial charge in [0.1, 0.15) is 0 Å². The molecule has 1 nitrogen and oxygen atoms in total. The van der Waals surface area contributed by atoms with Crippen molar-refractivity contribution in [2.45, 2.75) is 71.1 Å². The molecule has 0 aliphatic carbocycles. The average Bonchev–Trinajstić information content (AvgIpc) is 2.46. The Bertz CT molecular complexity index is 443. The minimum absolute atomic E-state index is 0. The van der Waals surface area contributed by atoms with Crippen LogP contribution in [0.4, 0.5) is 14.5 Å². The predicted molar refractivity (Wildman–Crippen MR) is 94.3 cm³/mol. The van der Waals surface area contributed by atoms with Gasteiger partial charge in [-0.25, -0.2) is 8.78 Å². The Kier molecular flexibility index (Phi) is 12.1. The zero-order valence-corrected chi connectivity index (χ0v) is 17.7. The van der Waals surface area contributed by atoms with Gasteiger partial charge in [0.2, 0.25) is 0 Å². The second-order valence-electron chi connectivity index (χ2n) is 6.36. The molecule has 0 spiro atoms. The SMILES string of the molecule is CCCCCC(N(CCCC)c1ccc(F)[c-]c1F)[SiH](C)C.[Ti]. The van der Waals surface area contributed by atoms with Crippen molar-refractivity contribution >= 4 is 14.5 Å². The molecular weight excluding hydrogens is 344 g/mol. The minimum Gasteiger partial charge on any atom is -0.421 e. The molecule has 0 heterocycles. The molecule has 130 valence electrons. The zero-order valence-electron chi connectivity index (χ0n) is 15.0. The maximum atomic E-state index is 14.2. The van der Waals surface area contributed by atoms with Crippen LogP contribution in [0.15, 0.2) is 12.1 Å². The number of halogens is 2. The van der Waals surface area contributed by atoms with Crippen LogP contribution in [0.5, 0.6) is 0 Å². The third-order valence-corrected chi connectivity index (χ3v) is 6.41. The molecule has 0 amide bonds. The fourth-order valence-corrected chi connectivity index (χ4v) is 4.84. The topological polar surface area (TPSA) is 3.24 Å². The van der Waals surface area contributed by atoms with Gasteiger partial charge < -0.3 is 4.90 Å². The van der Waals surface area contributed by atoms with Crippen molar-refractivity contribution in [1.29, 1.82) is 0 Å². The quantitative estimate of drug-likeness (QED) is 0.303. The maximum absolute atomic E-state index is 14.2. The molecular formula is C18H30F2NSiTi-. The summed E-state index contributed by atoms with van der Waals surface area (Å²) in [5, 5.41) is 0. The molecule has 0 saturated heterocycles. The molecule has 23 heavy (non-hydrogen) atoms. The van der Waals surface area contributed by atoms with E-state index >= 15 is 0 Å². The molecule has 1 atom stereocenters. The molecule has 0 bridgehead atoms. The molecule has 0 aliphatic rings. The first-order valence-corrected chi connectivity index (χ1v) is 11.6. The second-order valence-corrected chi connectivity index (χ2v) is 9.62. The molecule has 5 heteroatoms. The molecule has 0 fully saturated rings. The van der Waals surface area contributed by atoms with Crippen LogP contribution < -0.4 is 4.90 Å². The van der Waals surface area contributed by atoms with Gasteiger partial charge in [0, 0.05) is 45.6 Å². The number of anilines is 1. The first-order chi connectivity index (χ1) is 10.5. The third kappa shape index (κ3) is 7.49. The Morgan fingerprint density at radius 3 is 2.26 bits per heavy atom. The summed E-state index contributed by atoms with van der Waals surface area (Å²) < 4.78 is 27.4. The molecule has 0 aliphatic heterocycles. The molecule has 1 rings (SSSR count). The van der Waals surface area contributed by atoms with E-state index < -0.39 is 20.4 Å². The molecule has 0 aromatic heterocycles.